The summed E-state index contributed by atoms with van der Waals surface area (Å²) in [4.78, 5) is 10.8. The summed E-state index contributed by atoms with van der Waals surface area (Å²) in [6, 6.07) is 28.9. The van der Waals surface area contributed by atoms with Gasteiger partial charge in [0.15, 0.2) is 6.23 Å². The quantitative estimate of drug-likeness (QED) is 0.374. The third kappa shape index (κ3) is 3.11. The number of nitro groups is 1. The van der Waals surface area contributed by atoms with Crippen molar-refractivity contribution in [3.05, 3.63) is 118 Å². The van der Waals surface area contributed by atoms with Crippen LogP contribution in [0.15, 0.2) is 91.0 Å². The van der Waals surface area contributed by atoms with Crippen LogP contribution in [0, 0.1) is 10.1 Å². The van der Waals surface area contributed by atoms with Crippen LogP contribution in [0.25, 0.3) is 10.8 Å². The highest BCUT2D eigenvalue weighted by Gasteiger charge is 2.31. The number of hydrogen-bond donors (Lipinski definition) is 1. The zero-order valence-corrected chi connectivity index (χ0v) is 15.5. The Morgan fingerprint density at radius 1 is 0.828 bits per heavy atom. The van der Waals surface area contributed by atoms with E-state index in [9.17, 15) is 10.1 Å². The van der Waals surface area contributed by atoms with Crippen LogP contribution in [0.1, 0.15) is 29.0 Å². The van der Waals surface area contributed by atoms with Gasteiger partial charge in [-0.2, -0.15) is 0 Å². The fraction of sp³-hybridized carbons (Fsp3) is 0.0833. The molecule has 0 saturated heterocycles. The number of nitrogens with zero attached hydrogens (tertiary/aromatic N) is 1. The molecule has 1 heterocycles. The summed E-state index contributed by atoms with van der Waals surface area (Å²) in [5.41, 5.74) is 2.97. The van der Waals surface area contributed by atoms with Gasteiger partial charge in [-0.05, 0) is 22.4 Å². The summed E-state index contributed by atoms with van der Waals surface area (Å²) in [5, 5.41) is 17.0. The monoisotopic (exact) mass is 382 g/mol. The molecule has 29 heavy (non-hydrogen) atoms. The molecule has 0 spiro atoms. The van der Waals surface area contributed by atoms with Crippen molar-refractivity contribution in [1.82, 2.24) is 5.32 Å². The number of non-ortho nitro benzene ring substituents is 1. The molecule has 2 atom stereocenters. The maximum Gasteiger partial charge on any atom is 0.269 e. The highest BCUT2D eigenvalue weighted by molar-refractivity contribution is 5.89. The average Bonchev–Trinajstić information content (AvgIpc) is 2.78. The average molecular weight is 382 g/mol. The Balaban J connectivity index is 1.66. The fourth-order valence-electron chi connectivity index (χ4n) is 3.95. The van der Waals surface area contributed by atoms with Crippen LogP contribution >= 0.6 is 0 Å². The Kier molecular flexibility index (Phi) is 4.22. The van der Waals surface area contributed by atoms with Crippen molar-refractivity contribution in [2.45, 2.75) is 12.3 Å². The van der Waals surface area contributed by atoms with Crippen molar-refractivity contribution >= 4 is 16.5 Å². The first-order valence-corrected chi connectivity index (χ1v) is 9.44. The van der Waals surface area contributed by atoms with Gasteiger partial charge in [0.05, 0.1) is 11.0 Å². The molecule has 0 aliphatic carbocycles. The van der Waals surface area contributed by atoms with Crippen LogP contribution in [0.5, 0.6) is 5.75 Å². The summed E-state index contributed by atoms with van der Waals surface area (Å²) in [6.45, 7) is 0. The van der Waals surface area contributed by atoms with E-state index in [-0.39, 0.29) is 16.7 Å². The smallest absolute Gasteiger partial charge is 0.269 e. The second-order valence-electron chi connectivity index (χ2n) is 7.06. The Morgan fingerprint density at radius 3 is 2.41 bits per heavy atom. The zero-order valence-electron chi connectivity index (χ0n) is 15.5. The maximum atomic E-state index is 11.2. The topological polar surface area (TPSA) is 64.4 Å². The third-order valence-corrected chi connectivity index (χ3v) is 5.30. The number of nitrogens with one attached hydrogen (secondary N) is 1. The first-order chi connectivity index (χ1) is 14.2. The lowest BCUT2D eigenvalue weighted by molar-refractivity contribution is -0.385. The lowest BCUT2D eigenvalue weighted by Gasteiger charge is -2.35. The molecule has 5 rings (SSSR count). The van der Waals surface area contributed by atoms with Gasteiger partial charge >= 0.3 is 0 Å². The van der Waals surface area contributed by atoms with Gasteiger partial charge in [0.1, 0.15) is 5.75 Å². The number of fused-ring (bicyclic) bond motifs is 3. The van der Waals surface area contributed by atoms with Crippen molar-refractivity contribution in [1.29, 1.82) is 0 Å². The minimum absolute atomic E-state index is 0.0495. The lowest BCUT2D eigenvalue weighted by atomic mass is 9.91. The Morgan fingerprint density at radius 2 is 1.59 bits per heavy atom. The summed E-state index contributed by atoms with van der Waals surface area (Å²) in [7, 11) is 0. The first-order valence-electron chi connectivity index (χ1n) is 9.44. The standard InChI is InChI=1S/C24H18N2O3/c27-26(28)19-11-6-10-18(15-19)24-25-23(17-8-2-1-3-9-17)22-20-12-5-4-7-16(20)13-14-21(22)29-24/h1-15,23-25H/t23-,24+/m1/s1. The molecule has 142 valence electrons. The summed E-state index contributed by atoms with van der Waals surface area (Å²) in [5.74, 6) is 0.785. The van der Waals surface area contributed by atoms with Crippen LogP contribution in [-0.2, 0) is 0 Å². The van der Waals surface area contributed by atoms with Gasteiger partial charge in [0.2, 0.25) is 0 Å². The van der Waals surface area contributed by atoms with E-state index in [1.807, 2.05) is 48.5 Å². The Labute approximate surface area is 167 Å². The van der Waals surface area contributed by atoms with Gasteiger partial charge in [-0.1, -0.05) is 72.8 Å². The molecule has 0 unspecified atom stereocenters. The van der Waals surface area contributed by atoms with Crippen molar-refractivity contribution in [3.63, 3.8) is 0 Å². The van der Waals surface area contributed by atoms with Crippen molar-refractivity contribution in [2.75, 3.05) is 0 Å². The highest BCUT2D eigenvalue weighted by atomic mass is 16.6. The summed E-state index contributed by atoms with van der Waals surface area (Å²) >= 11 is 0. The molecular formula is C24H18N2O3. The van der Waals surface area contributed by atoms with Gasteiger partial charge in [-0.25, -0.2) is 0 Å². The fourth-order valence-corrected chi connectivity index (χ4v) is 3.95. The van der Waals surface area contributed by atoms with Gasteiger partial charge in [0.25, 0.3) is 5.69 Å². The van der Waals surface area contributed by atoms with Crippen molar-refractivity contribution < 1.29 is 9.66 Å². The van der Waals surface area contributed by atoms with E-state index in [4.69, 9.17) is 4.74 Å². The van der Waals surface area contributed by atoms with E-state index in [2.05, 4.69) is 29.6 Å². The molecule has 0 saturated carbocycles. The predicted octanol–water partition coefficient (Wildman–Crippen LogP) is 5.52. The minimum Gasteiger partial charge on any atom is -0.471 e. The molecule has 1 N–H and O–H groups in total. The molecule has 0 bridgehead atoms. The molecule has 1 aliphatic rings. The van der Waals surface area contributed by atoms with E-state index in [1.54, 1.807) is 12.1 Å². The van der Waals surface area contributed by atoms with Crippen LogP contribution in [0.3, 0.4) is 0 Å². The molecule has 0 fully saturated rings. The molecule has 5 heteroatoms. The third-order valence-electron chi connectivity index (χ3n) is 5.30. The number of benzene rings is 4. The number of hydrogen-bond acceptors (Lipinski definition) is 4. The summed E-state index contributed by atoms with van der Waals surface area (Å²) in [6.07, 6.45) is -0.492. The molecular weight excluding hydrogens is 364 g/mol. The Hall–Kier alpha value is -3.70. The molecule has 4 aromatic rings. The van der Waals surface area contributed by atoms with Gasteiger partial charge in [-0.3, -0.25) is 15.4 Å². The van der Waals surface area contributed by atoms with Gasteiger partial charge in [0, 0.05) is 23.3 Å². The SMILES string of the molecule is O=[N+]([O-])c1cccc([C@H]2N[C@H](c3ccccc3)c3c(ccc4ccccc34)O2)c1. The molecule has 0 radical (unpaired) electrons. The molecule has 1 aliphatic heterocycles. The van der Waals surface area contributed by atoms with E-state index >= 15 is 0 Å². The van der Waals surface area contributed by atoms with Crippen LogP contribution in [-0.4, -0.2) is 4.92 Å². The number of rotatable bonds is 3. The van der Waals surface area contributed by atoms with E-state index < -0.39 is 6.23 Å². The maximum absolute atomic E-state index is 11.2. The number of nitro benzene ring substituents is 1. The first kappa shape index (κ1) is 17.4. The Bertz CT molecular complexity index is 1210. The van der Waals surface area contributed by atoms with Crippen LogP contribution in [0.4, 0.5) is 5.69 Å². The molecule has 0 aromatic heterocycles. The van der Waals surface area contributed by atoms with Gasteiger partial charge < -0.3 is 4.74 Å². The number of ether oxygens (including phenoxy) is 1. The second kappa shape index (κ2) is 7.04. The second-order valence-corrected chi connectivity index (χ2v) is 7.06. The largest absolute Gasteiger partial charge is 0.471 e. The molecule has 0 amide bonds. The summed E-state index contributed by atoms with van der Waals surface area (Å²) < 4.78 is 6.28. The highest BCUT2D eigenvalue weighted by Crippen LogP contribution is 2.42. The van der Waals surface area contributed by atoms with Crippen LogP contribution < -0.4 is 10.1 Å². The normalized spacial score (nSPS) is 18.1. The van der Waals surface area contributed by atoms with Gasteiger partial charge in [-0.15, -0.1) is 0 Å². The zero-order chi connectivity index (χ0) is 19.8. The van der Waals surface area contributed by atoms with E-state index in [0.29, 0.717) is 0 Å². The molecule has 4 aromatic carbocycles. The van der Waals surface area contributed by atoms with Crippen molar-refractivity contribution in [2.24, 2.45) is 0 Å². The predicted molar refractivity (Wildman–Crippen MR) is 112 cm³/mol. The van der Waals surface area contributed by atoms with E-state index in [0.717, 1.165) is 33.2 Å². The molecule has 5 nitrogen and oxygen atoms in total. The lowest BCUT2D eigenvalue weighted by Crippen LogP contribution is -2.35. The van der Waals surface area contributed by atoms with Crippen molar-refractivity contribution in [3.8, 4) is 5.75 Å². The van der Waals surface area contributed by atoms with Crippen LogP contribution in [0.2, 0.25) is 0 Å². The van der Waals surface area contributed by atoms with E-state index in [1.165, 1.54) is 6.07 Å². The minimum atomic E-state index is -0.492.